The van der Waals surface area contributed by atoms with E-state index in [9.17, 15) is 0 Å². The van der Waals surface area contributed by atoms with E-state index in [2.05, 4.69) is 20.8 Å². The zero-order valence-electron chi connectivity index (χ0n) is 6.77. The molecule has 0 heterocycles. The predicted octanol–water partition coefficient (Wildman–Crippen LogP) is 0.565. The summed E-state index contributed by atoms with van der Waals surface area (Å²) < 4.78 is 0. The van der Waals surface area contributed by atoms with Crippen molar-refractivity contribution < 1.29 is 0 Å². The van der Waals surface area contributed by atoms with Crippen molar-refractivity contribution in [1.29, 1.82) is 0 Å². The van der Waals surface area contributed by atoms with Crippen molar-refractivity contribution in [2.24, 2.45) is 11.7 Å². The van der Waals surface area contributed by atoms with Gasteiger partial charge in [-0.2, -0.15) is 0 Å². The summed E-state index contributed by atoms with van der Waals surface area (Å²) in [5.41, 5.74) is 5.86. The minimum atomic E-state index is 0. The van der Waals surface area contributed by atoms with Gasteiger partial charge in [0, 0.05) is 15.8 Å². The molecule has 0 amide bonds. The largest absolute Gasteiger partial charge is 0.325 e. The Morgan fingerprint density at radius 1 is 1.56 bits per heavy atom. The van der Waals surface area contributed by atoms with Gasteiger partial charge in [-0.05, 0) is 19.8 Å². The molecule has 0 aliphatic heterocycles. The molecule has 0 aromatic carbocycles. The highest BCUT2D eigenvalue weighted by molar-refractivity contribution is 6.08. The molecule has 2 N–H and O–H groups in total. The van der Waals surface area contributed by atoms with E-state index in [1.807, 2.05) is 0 Å². The predicted molar refractivity (Wildman–Crippen MR) is 49.4 cm³/mol. The molecule has 0 radical (unpaired) electrons. The summed E-state index contributed by atoms with van der Waals surface area (Å²) in [7, 11) is 1.27. The Morgan fingerprint density at radius 3 is 1.89 bits per heavy atom. The van der Waals surface area contributed by atoms with Crippen LogP contribution in [-0.2, 0) is 0 Å². The van der Waals surface area contributed by atoms with Crippen LogP contribution in [0.15, 0.2) is 0 Å². The molecule has 3 heteroatoms. The first-order valence-electron chi connectivity index (χ1n) is 3.27. The van der Waals surface area contributed by atoms with E-state index < -0.39 is 0 Å². The van der Waals surface area contributed by atoms with Crippen LogP contribution >= 0.6 is 12.4 Å². The molecule has 0 rings (SSSR count). The molecule has 1 atom stereocenters. The molecule has 0 aliphatic carbocycles. The summed E-state index contributed by atoms with van der Waals surface area (Å²) in [4.78, 5) is 0. The summed E-state index contributed by atoms with van der Waals surface area (Å²) in [5.74, 6) is 0.689. The zero-order valence-corrected chi connectivity index (χ0v) is 9.59. The van der Waals surface area contributed by atoms with Crippen LogP contribution in [0.1, 0.15) is 20.8 Å². The molecule has 1 nitrogen and oxygen atoms in total. The maximum absolute atomic E-state index is 5.81. The molecule has 0 aromatic heterocycles. The molecule has 0 saturated carbocycles. The SMILES string of the molecule is CC(C[SiH3])C(C)(C)N.Cl. The minimum absolute atomic E-state index is 0. The summed E-state index contributed by atoms with van der Waals surface area (Å²) in [6.07, 6.45) is 0. The summed E-state index contributed by atoms with van der Waals surface area (Å²) in [5, 5.41) is 0. The van der Waals surface area contributed by atoms with Gasteiger partial charge in [-0.1, -0.05) is 13.0 Å². The number of halogens is 1. The second kappa shape index (κ2) is 4.31. The third-order valence-electron chi connectivity index (χ3n) is 1.88. The first-order valence-corrected chi connectivity index (χ1v) is 4.68. The molecule has 0 bridgehead atoms. The number of nitrogens with two attached hydrogens (primary N) is 1. The minimum Gasteiger partial charge on any atom is -0.325 e. The fraction of sp³-hybridized carbons (Fsp3) is 1.00. The van der Waals surface area contributed by atoms with Crippen LogP contribution in [0.3, 0.4) is 0 Å². The highest BCUT2D eigenvalue weighted by Crippen LogP contribution is 2.14. The third-order valence-corrected chi connectivity index (χ3v) is 3.11. The van der Waals surface area contributed by atoms with Crippen molar-refractivity contribution in [2.75, 3.05) is 0 Å². The molecule has 0 aliphatic rings. The molecule has 0 spiro atoms. The Bertz CT molecular complexity index is 69.9. The second-order valence-electron chi connectivity index (χ2n) is 3.13. The molecule has 0 aromatic rings. The summed E-state index contributed by atoms with van der Waals surface area (Å²) in [6, 6.07) is 1.31. The van der Waals surface area contributed by atoms with Crippen LogP contribution in [0.4, 0.5) is 0 Å². The van der Waals surface area contributed by atoms with Gasteiger partial charge < -0.3 is 5.73 Å². The van der Waals surface area contributed by atoms with Crippen LogP contribution in [0.2, 0.25) is 6.04 Å². The lowest BCUT2D eigenvalue weighted by Gasteiger charge is -2.25. The maximum Gasteiger partial charge on any atom is 0.0120 e. The van der Waals surface area contributed by atoms with E-state index in [0.29, 0.717) is 5.92 Å². The van der Waals surface area contributed by atoms with Crippen LogP contribution in [-0.4, -0.2) is 15.8 Å². The van der Waals surface area contributed by atoms with E-state index in [1.54, 1.807) is 0 Å². The van der Waals surface area contributed by atoms with Crippen molar-refractivity contribution in [1.82, 2.24) is 0 Å². The Balaban J connectivity index is 0. The van der Waals surface area contributed by atoms with Crippen molar-refractivity contribution in [2.45, 2.75) is 32.4 Å². The Hall–Kier alpha value is 0.467. The quantitative estimate of drug-likeness (QED) is 0.598. The number of rotatable bonds is 2. The molecule has 0 saturated heterocycles. The van der Waals surface area contributed by atoms with E-state index >= 15 is 0 Å². The average Bonchev–Trinajstić information content (AvgIpc) is 1.62. The molecular formula is C6H18ClNSi. The van der Waals surface area contributed by atoms with Crippen LogP contribution in [0.5, 0.6) is 0 Å². The molecule has 58 valence electrons. The van der Waals surface area contributed by atoms with Gasteiger partial charge in [0.2, 0.25) is 0 Å². The Morgan fingerprint density at radius 2 is 1.89 bits per heavy atom. The highest BCUT2D eigenvalue weighted by atomic mass is 35.5. The number of hydrogen-bond donors (Lipinski definition) is 1. The fourth-order valence-electron chi connectivity index (χ4n) is 0.526. The third kappa shape index (κ3) is 4.94. The van der Waals surface area contributed by atoms with Gasteiger partial charge in [0.25, 0.3) is 0 Å². The Labute approximate surface area is 67.2 Å². The first-order chi connectivity index (χ1) is 3.48. The maximum atomic E-state index is 5.81. The normalized spacial score (nSPS) is 14.7. The van der Waals surface area contributed by atoms with Gasteiger partial charge >= 0.3 is 0 Å². The van der Waals surface area contributed by atoms with E-state index in [-0.39, 0.29) is 17.9 Å². The van der Waals surface area contributed by atoms with Crippen molar-refractivity contribution >= 4 is 22.6 Å². The van der Waals surface area contributed by atoms with Gasteiger partial charge in [-0.25, -0.2) is 0 Å². The smallest absolute Gasteiger partial charge is 0.0120 e. The lowest BCUT2D eigenvalue weighted by molar-refractivity contribution is 0.374. The van der Waals surface area contributed by atoms with Gasteiger partial charge in [0.1, 0.15) is 0 Å². The van der Waals surface area contributed by atoms with Gasteiger partial charge in [0.15, 0.2) is 0 Å². The van der Waals surface area contributed by atoms with Crippen molar-refractivity contribution in [3.63, 3.8) is 0 Å². The molecule has 9 heavy (non-hydrogen) atoms. The second-order valence-corrected chi connectivity index (χ2v) is 3.95. The van der Waals surface area contributed by atoms with Crippen molar-refractivity contribution in [3.8, 4) is 0 Å². The fourth-order valence-corrected chi connectivity index (χ4v) is 1.58. The van der Waals surface area contributed by atoms with E-state index in [0.717, 1.165) is 0 Å². The monoisotopic (exact) mass is 167 g/mol. The van der Waals surface area contributed by atoms with Gasteiger partial charge in [-0.3, -0.25) is 0 Å². The molecular weight excluding hydrogens is 150 g/mol. The first kappa shape index (κ1) is 12.2. The summed E-state index contributed by atoms with van der Waals surface area (Å²) in [6.45, 7) is 6.40. The standard InChI is InChI=1S/C6H17NSi.ClH/c1-5(4-8)6(2,3)7;/h5H,4,7H2,1-3,8H3;1H. The van der Waals surface area contributed by atoms with Crippen LogP contribution < -0.4 is 5.73 Å². The lowest BCUT2D eigenvalue weighted by Crippen LogP contribution is -2.39. The van der Waals surface area contributed by atoms with Crippen LogP contribution in [0, 0.1) is 5.92 Å². The zero-order chi connectivity index (χ0) is 6.78. The number of hydrogen-bond acceptors (Lipinski definition) is 1. The van der Waals surface area contributed by atoms with Gasteiger partial charge in [0.05, 0.1) is 0 Å². The van der Waals surface area contributed by atoms with E-state index in [1.165, 1.54) is 16.3 Å². The lowest BCUT2D eigenvalue weighted by atomic mass is 9.92. The molecule has 1 unspecified atom stereocenters. The van der Waals surface area contributed by atoms with Crippen LogP contribution in [0.25, 0.3) is 0 Å². The Kier molecular flexibility index (Phi) is 5.83. The van der Waals surface area contributed by atoms with Gasteiger partial charge in [-0.15, -0.1) is 12.4 Å². The average molecular weight is 168 g/mol. The summed E-state index contributed by atoms with van der Waals surface area (Å²) >= 11 is 0. The van der Waals surface area contributed by atoms with Crippen molar-refractivity contribution in [3.05, 3.63) is 0 Å². The topological polar surface area (TPSA) is 26.0 Å². The highest BCUT2D eigenvalue weighted by Gasteiger charge is 2.17. The molecule has 0 fully saturated rings. The van der Waals surface area contributed by atoms with E-state index in [4.69, 9.17) is 5.73 Å².